The molecule has 98 valence electrons. The van der Waals surface area contributed by atoms with Gasteiger partial charge < -0.3 is 9.55 Å². The number of benzene rings is 1. The number of hydrogen-bond donors (Lipinski definition) is 1. The molecule has 3 rings (SSSR count). The first kappa shape index (κ1) is 12.9. The smallest absolute Gasteiger partial charge is 0.178 e. The van der Waals surface area contributed by atoms with Crippen LogP contribution in [0, 0.1) is 4.77 Å². The molecule has 1 aromatic carbocycles. The van der Waals surface area contributed by atoms with Gasteiger partial charge in [-0.15, -0.1) is 11.3 Å². The van der Waals surface area contributed by atoms with E-state index in [2.05, 4.69) is 34.0 Å². The summed E-state index contributed by atoms with van der Waals surface area (Å²) in [5.41, 5.74) is 2.10. The summed E-state index contributed by atoms with van der Waals surface area (Å²) in [5.74, 6) is 0. The lowest BCUT2D eigenvalue weighted by atomic mass is 10.2. The molecular formula is C14H13ClN2S2. The maximum absolute atomic E-state index is 6.03. The van der Waals surface area contributed by atoms with Crippen LogP contribution in [-0.4, -0.2) is 9.55 Å². The Hall–Kier alpha value is -1.10. The molecule has 0 amide bonds. The third-order valence-corrected chi connectivity index (χ3v) is 4.76. The molecule has 0 aliphatic rings. The number of aromatic amines is 1. The van der Waals surface area contributed by atoms with Crippen LogP contribution in [-0.2, 0) is 0 Å². The number of rotatable bonds is 3. The van der Waals surface area contributed by atoms with Gasteiger partial charge in [-0.05, 0) is 48.3 Å². The number of nitrogens with zero attached hydrogens (tertiary/aromatic N) is 1. The highest BCUT2D eigenvalue weighted by Gasteiger charge is 2.16. The quantitative estimate of drug-likeness (QED) is 0.641. The third-order valence-electron chi connectivity index (χ3n) is 3.25. The van der Waals surface area contributed by atoms with Crippen LogP contribution in [0.15, 0.2) is 35.7 Å². The Labute approximate surface area is 125 Å². The molecule has 2 nitrogen and oxygen atoms in total. The third kappa shape index (κ3) is 2.24. The van der Waals surface area contributed by atoms with Crippen LogP contribution in [0.5, 0.6) is 0 Å². The summed E-state index contributed by atoms with van der Waals surface area (Å²) >= 11 is 13.3. The molecule has 1 unspecified atom stereocenters. The fourth-order valence-electron chi connectivity index (χ4n) is 2.40. The normalized spacial score (nSPS) is 12.9. The molecule has 0 bridgehead atoms. The number of thiophene rings is 1. The molecule has 0 spiro atoms. The second kappa shape index (κ2) is 5.12. The van der Waals surface area contributed by atoms with Crippen molar-refractivity contribution in [3.63, 3.8) is 0 Å². The maximum Gasteiger partial charge on any atom is 0.178 e. The van der Waals surface area contributed by atoms with Crippen molar-refractivity contribution in [2.45, 2.75) is 19.4 Å². The minimum atomic E-state index is 0.280. The highest BCUT2D eigenvalue weighted by Crippen LogP contribution is 2.30. The first-order valence-corrected chi connectivity index (χ1v) is 7.80. The first-order valence-electron chi connectivity index (χ1n) is 6.14. The molecule has 19 heavy (non-hydrogen) atoms. The van der Waals surface area contributed by atoms with Crippen molar-refractivity contribution < 1.29 is 0 Å². The number of nitrogens with one attached hydrogen (secondary N) is 1. The van der Waals surface area contributed by atoms with Crippen LogP contribution in [0.4, 0.5) is 0 Å². The molecule has 0 fully saturated rings. The summed E-state index contributed by atoms with van der Waals surface area (Å²) in [7, 11) is 0. The molecule has 1 atom stereocenters. The summed E-state index contributed by atoms with van der Waals surface area (Å²) in [4.78, 5) is 4.57. The van der Waals surface area contributed by atoms with Gasteiger partial charge in [-0.2, -0.15) is 0 Å². The molecular weight excluding hydrogens is 296 g/mol. The van der Waals surface area contributed by atoms with Gasteiger partial charge >= 0.3 is 0 Å². The number of hydrogen-bond acceptors (Lipinski definition) is 2. The van der Waals surface area contributed by atoms with E-state index < -0.39 is 0 Å². The molecule has 5 heteroatoms. The van der Waals surface area contributed by atoms with E-state index in [1.54, 1.807) is 11.3 Å². The topological polar surface area (TPSA) is 20.7 Å². The Morgan fingerprint density at radius 1 is 1.42 bits per heavy atom. The van der Waals surface area contributed by atoms with E-state index in [0.717, 1.165) is 27.2 Å². The second-order valence-corrected chi connectivity index (χ2v) is 6.20. The second-order valence-electron chi connectivity index (χ2n) is 4.40. The Morgan fingerprint density at radius 2 is 2.26 bits per heavy atom. The zero-order valence-electron chi connectivity index (χ0n) is 10.4. The Morgan fingerprint density at radius 3 is 2.95 bits per heavy atom. The number of imidazole rings is 1. The number of aromatic nitrogens is 2. The average molecular weight is 309 g/mol. The molecule has 3 aromatic rings. The van der Waals surface area contributed by atoms with E-state index in [4.69, 9.17) is 23.8 Å². The predicted octanol–water partition coefficient (Wildman–Crippen LogP) is 5.41. The lowest BCUT2D eigenvalue weighted by Crippen LogP contribution is -2.08. The van der Waals surface area contributed by atoms with Gasteiger partial charge in [0.25, 0.3) is 0 Å². The van der Waals surface area contributed by atoms with E-state index in [1.807, 2.05) is 18.2 Å². The Bertz CT molecular complexity index is 755. The van der Waals surface area contributed by atoms with Gasteiger partial charge in [-0.25, -0.2) is 0 Å². The number of halogens is 1. The lowest BCUT2D eigenvalue weighted by Gasteiger charge is -2.16. The fraction of sp³-hybridized carbons (Fsp3) is 0.214. The van der Waals surface area contributed by atoms with Crippen molar-refractivity contribution >= 4 is 46.2 Å². The Kier molecular flexibility index (Phi) is 3.48. The van der Waals surface area contributed by atoms with Crippen molar-refractivity contribution in [2.75, 3.05) is 0 Å². The predicted molar refractivity (Wildman–Crippen MR) is 84.9 cm³/mol. The molecule has 2 aromatic heterocycles. The highest BCUT2D eigenvalue weighted by molar-refractivity contribution is 7.71. The van der Waals surface area contributed by atoms with Gasteiger partial charge in [0.1, 0.15) is 0 Å². The van der Waals surface area contributed by atoms with Crippen LogP contribution < -0.4 is 0 Å². The van der Waals surface area contributed by atoms with Crippen molar-refractivity contribution in [1.29, 1.82) is 0 Å². The molecule has 0 saturated heterocycles. The zero-order valence-corrected chi connectivity index (χ0v) is 12.8. The van der Waals surface area contributed by atoms with Crippen molar-refractivity contribution in [3.05, 3.63) is 50.4 Å². The summed E-state index contributed by atoms with van der Waals surface area (Å²) < 4.78 is 2.94. The van der Waals surface area contributed by atoms with Gasteiger partial charge in [0.2, 0.25) is 0 Å². The molecule has 1 N–H and O–H groups in total. The van der Waals surface area contributed by atoms with Gasteiger partial charge in [0.05, 0.1) is 17.1 Å². The monoisotopic (exact) mass is 308 g/mol. The first-order chi connectivity index (χ1) is 9.20. The lowest BCUT2D eigenvalue weighted by molar-refractivity contribution is 0.584. The van der Waals surface area contributed by atoms with E-state index in [9.17, 15) is 0 Å². The van der Waals surface area contributed by atoms with Gasteiger partial charge in [-0.1, -0.05) is 24.6 Å². The summed E-state index contributed by atoms with van der Waals surface area (Å²) in [6, 6.07) is 10.4. The maximum atomic E-state index is 6.03. The fourth-order valence-corrected chi connectivity index (χ4v) is 3.81. The molecule has 0 aliphatic heterocycles. The molecule has 0 saturated carbocycles. The highest BCUT2D eigenvalue weighted by atomic mass is 35.5. The molecule has 2 heterocycles. The van der Waals surface area contributed by atoms with Crippen LogP contribution >= 0.6 is 35.2 Å². The van der Waals surface area contributed by atoms with Crippen molar-refractivity contribution in [2.24, 2.45) is 0 Å². The standard InChI is InChI=1S/C14H13ClN2S2/c1-2-11(13-4-3-7-19-13)17-12-6-5-9(15)8-10(12)16-14(17)18/h3-8,11H,2H2,1H3,(H,16,18). The van der Waals surface area contributed by atoms with Crippen LogP contribution in [0.3, 0.4) is 0 Å². The van der Waals surface area contributed by atoms with Gasteiger partial charge in [0.15, 0.2) is 4.77 Å². The molecule has 0 radical (unpaired) electrons. The van der Waals surface area contributed by atoms with Crippen molar-refractivity contribution in [1.82, 2.24) is 9.55 Å². The average Bonchev–Trinajstić information content (AvgIpc) is 2.99. The van der Waals surface area contributed by atoms with E-state index in [-0.39, 0.29) is 6.04 Å². The SMILES string of the molecule is CCC(c1cccs1)n1c(=S)[nH]c2cc(Cl)ccc21. The number of H-pyrrole nitrogens is 1. The van der Waals surface area contributed by atoms with Crippen LogP contribution in [0.1, 0.15) is 24.3 Å². The van der Waals surface area contributed by atoms with E-state index in [1.165, 1.54) is 4.88 Å². The summed E-state index contributed by atoms with van der Waals surface area (Å²) in [6.07, 6.45) is 1.00. The number of fused-ring (bicyclic) bond motifs is 1. The van der Waals surface area contributed by atoms with Crippen LogP contribution in [0.25, 0.3) is 11.0 Å². The van der Waals surface area contributed by atoms with Gasteiger partial charge in [-0.3, -0.25) is 0 Å². The summed E-state index contributed by atoms with van der Waals surface area (Å²) in [6.45, 7) is 2.18. The van der Waals surface area contributed by atoms with Gasteiger partial charge in [0, 0.05) is 9.90 Å². The zero-order chi connectivity index (χ0) is 13.4. The largest absolute Gasteiger partial charge is 0.331 e. The van der Waals surface area contributed by atoms with E-state index >= 15 is 0 Å². The van der Waals surface area contributed by atoms with E-state index in [0.29, 0.717) is 0 Å². The van der Waals surface area contributed by atoms with Crippen LogP contribution in [0.2, 0.25) is 5.02 Å². The minimum absolute atomic E-state index is 0.280. The Balaban J connectivity index is 2.24. The minimum Gasteiger partial charge on any atom is -0.331 e. The summed E-state index contributed by atoms with van der Waals surface area (Å²) in [5, 5.41) is 2.83. The van der Waals surface area contributed by atoms with Crippen molar-refractivity contribution in [3.8, 4) is 0 Å². The molecule has 0 aliphatic carbocycles.